The molecule has 1 unspecified atom stereocenters. The predicted octanol–water partition coefficient (Wildman–Crippen LogP) is 2.69. The molecule has 1 amide bonds. The van der Waals surface area contributed by atoms with Gasteiger partial charge in [0, 0.05) is 12.5 Å². The lowest BCUT2D eigenvalue weighted by Gasteiger charge is -2.07. The molecule has 1 fully saturated rings. The topological polar surface area (TPSA) is 104 Å². The van der Waals surface area contributed by atoms with E-state index in [1.165, 1.54) is 23.1 Å². The fourth-order valence-corrected chi connectivity index (χ4v) is 3.60. The zero-order valence-corrected chi connectivity index (χ0v) is 17.0. The van der Waals surface area contributed by atoms with Gasteiger partial charge < -0.3 is 15.2 Å². The summed E-state index contributed by atoms with van der Waals surface area (Å²) in [6, 6.07) is 7.61. The Morgan fingerprint density at radius 2 is 2.11 bits per heavy atom. The molecular weight excluding hydrogens is 402 g/mol. The molecule has 0 spiro atoms. The third-order valence-corrected chi connectivity index (χ3v) is 5.19. The summed E-state index contributed by atoms with van der Waals surface area (Å²) in [6.45, 7) is 1.61. The Morgan fingerprint density at radius 1 is 1.32 bits per heavy atom. The molecule has 2 heterocycles. The van der Waals surface area contributed by atoms with Gasteiger partial charge in [-0.15, -0.1) is 12.4 Å². The lowest BCUT2D eigenvalue weighted by molar-refractivity contribution is -0.118. The van der Waals surface area contributed by atoms with E-state index >= 15 is 0 Å². The fourth-order valence-electron chi connectivity index (χ4n) is 2.75. The Morgan fingerprint density at radius 3 is 2.79 bits per heavy atom. The first kappa shape index (κ1) is 22.3. The Bertz CT molecular complexity index is 776. The van der Waals surface area contributed by atoms with Gasteiger partial charge >= 0.3 is 0 Å². The summed E-state index contributed by atoms with van der Waals surface area (Å²) in [5, 5.41) is 3.06. The molecule has 0 bridgehead atoms. The van der Waals surface area contributed by atoms with Crippen molar-refractivity contribution in [2.75, 3.05) is 31.7 Å². The molecule has 3 rings (SSSR count). The zero-order chi connectivity index (χ0) is 19.1. The minimum Gasteiger partial charge on any atom is -0.484 e. The van der Waals surface area contributed by atoms with Gasteiger partial charge in [0.25, 0.3) is 5.91 Å². The first-order valence-corrected chi connectivity index (χ1v) is 9.77. The van der Waals surface area contributed by atoms with Crippen LogP contribution in [0.3, 0.4) is 0 Å². The van der Waals surface area contributed by atoms with E-state index in [0.717, 1.165) is 19.3 Å². The minimum atomic E-state index is -0.320. The van der Waals surface area contributed by atoms with Crippen molar-refractivity contribution in [3.8, 4) is 5.75 Å². The molecule has 28 heavy (non-hydrogen) atoms. The molecule has 7 nitrogen and oxygen atoms in total. The molecule has 0 aliphatic carbocycles. The largest absolute Gasteiger partial charge is 0.484 e. The monoisotopic (exact) mass is 425 g/mol. The lowest BCUT2D eigenvalue weighted by atomic mass is 10.0. The van der Waals surface area contributed by atoms with Crippen LogP contribution < -0.4 is 15.8 Å². The maximum absolute atomic E-state index is 12.3. The van der Waals surface area contributed by atoms with Crippen LogP contribution in [0.2, 0.25) is 0 Å². The Kier molecular flexibility index (Phi) is 8.85. The molecule has 0 radical (unpaired) electrons. The van der Waals surface area contributed by atoms with Crippen LogP contribution in [-0.2, 0) is 16.0 Å². The second-order valence-electron chi connectivity index (χ2n) is 6.33. The number of carbonyl (C=O) groups excluding carboxylic acids is 2. The van der Waals surface area contributed by atoms with Crippen LogP contribution >= 0.6 is 23.7 Å². The number of ether oxygens (including phenoxy) is 2. The number of halogens is 1. The van der Waals surface area contributed by atoms with E-state index < -0.39 is 0 Å². The van der Waals surface area contributed by atoms with Crippen molar-refractivity contribution in [2.45, 2.75) is 19.3 Å². The fraction of sp³-hybridized carbons (Fsp3) is 0.421. The highest BCUT2D eigenvalue weighted by molar-refractivity contribution is 7.17. The van der Waals surface area contributed by atoms with E-state index in [1.54, 1.807) is 0 Å². The van der Waals surface area contributed by atoms with Crippen LogP contribution in [0.5, 0.6) is 5.75 Å². The lowest BCUT2D eigenvalue weighted by Crippen LogP contribution is -2.20. The third-order valence-electron chi connectivity index (χ3n) is 4.26. The van der Waals surface area contributed by atoms with E-state index in [0.29, 0.717) is 35.5 Å². The molecule has 1 saturated heterocycles. The van der Waals surface area contributed by atoms with E-state index in [-0.39, 0.29) is 36.6 Å². The molecular formula is C19H24ClN3O4S. The Balaban J connectivity index is 0.00000280. The maximum atomic E-state index is 12.3. The predicted molar refractivity (Wildman–Crippen MR) is 111 cm³/mol. The normalized spacial score (nSPS) is 15.7. The third kappa shape index (κ3) is 6.27. The standard InChI is InChI=1S/C19H23N3O4S.ClH/c20-8-1-2-13-3-5-15(6-4-13)26-12-17(23)22-19-21-10-16(27-19)18(24)14-7-9-25-11-14;/h3-6,10,14H,1-2,7-9,11-12,20H2,(H,21,22,23);1H. The van der Waals surface area contributed by atoms with Gasteiger partial charge in [0.2, 0.25) is 0 Å². The van der Waals surface area contributed by atoms with Gasteiger partial charge in [-0.2, -0.15) is 0 Å². The number of hydrogen-bond donors (Lipinski definition) is 2. The van der Waals surface area contributed by atoms with Crippen molar-refractivity contribution in [3.63, 3.8) is 0 Å². The number of carbonyl (C=O) groups is 2. The summed E-state index contributed by atoms with van der Waals surface area (Å²) in [6.07, 6.45) is 4.10. The second kappa shape index (κ2) is 11.1. The highest BCUT2D eigenvalue weighted by Crippen LogP contribution is 2.25. The van der Waals surface area contributed by atoms with Gasteiger partial charge in [0.15, 0.2) is 17.5 Å². The molecule has 1 aromatic carbocycles. The highest BCUT2D eigenvalue weighted by Gasteiger charge is 2.26. The number of ketones is 1. The quantitative estimate of drug-likeness (QED) is 0.598. The Labute approximate surface area is 174 Å². The summed E-state index contributed by atoms with van der Waals surface area (Å²) >= 11 is 1.17. The number of rotatable bonds is 9. The highest BCUT2D eigenvalue weighted by atomic mass is 35.5. The number of aromatic nitrogens is 1. The molecule has 1 aliphatic rings. The molecule has 1 aromatic heterocycles. The van der Waals surface area contributed by atoms with E-state index in [2.05, 4.69) is 10.3 Å². The number of Topliss-reactive ketones (excluding diaryl/α,β-unsaturated/α-hetero) is 1. The minimum absolute atomic E-state index is 0. The summed E-state index contributed by atoms with van der Waals surface area (Å²) in [5.74, 6) is 0.222. The number of thiazole rings is 1. The van der Waals surface area contributed by atoms with Crippen LogP contribution in [0.1, 0.15) is 28.1 Å². The molecule has 3 N–H and O–H groups in total. The average Bonchev–Trinajstić information content (AvgIpc) is 3.37. The number of nitrogens with two attached hydrogens (primary N) is 1. The van der Waals surface area contributed by atoms with Gasteiger partial charge in [-0.1, -0.05) is 23.5 Å². The number of nitrogens with one attached hydrogen (secondary N) is 1. The molecule has 0 saturated carbocycles. The number of hydrogen-bond acceptors (Lipinski definition) is 7. The SMILES string of the molecule is Cl.NCCCc1ccc(OCC(=O)Nc2ncc(C(=O)C3CCOC3)s2)cc1. The number of amides is 1. The molecule has 2 aromatic rings. The summed E-state index contributed by atoms with van der Waals surface area (Å²) < 4.78 is 10.7. The van der Waals surface area contributed by atoms with E-state index in [1.807, 2.05) is 24.3 Å². The first-order chi connectivity index (χ1) is 13.2. The summed E-state index contributed by atoms with van der Waals surface area (Å²) in [4.78, 5) is 29.0. The van der Waals surface area contributed by atoms with Gasteiger partial charge in [-0.05, 0) is 43.5 Å². The number of aryl methyl sites for hydroxylation is 1. The molecule has 1 atom stereocenters. The van der Waals surface area contributed by atoms with Crippen molar-refractivity contribution >= 4 is 40.6 Å². The maximum Gasteiger partial charge on any atom is 0.264 e. The second-order valence-corrected chi connectivity index (χ2v) is 7.36. The number of anilines is 1. The molecule has 152 valence electrons. The van der Waals surface area contributed by atoms with Gasteiger partial charge in [0.05, 0.1) is 17.7 Å². The summed E-state index contributed by atoms with van der Waals surface area (Å²) in [7, 11) is 0. The number of nitrogens with zero attached hydrogens (tertiary/aromatic N) is 1. The number of benzene rings is 1. The van der Waals surface area contributed by atoms with Crippen molar-refractivity contribution in [3.05, 3.63) is 40.9 Å². The zero-order valence-electron chi connectivity index (χ0n) is 15.4. The summed E-state index contributed by atoms with van der Waals surface area (Å²) in [5.41, 5.74) is 6.69. The van der Waals surface area contributed by atoms with E-state index in [9.17, 15) is 9.59 Å². The van der Waals surface area contributed by atoms with Crippen LogP contribution in [0.15, 0.2) is 30.5 Å². The van der Waals surface area contributed by atoms with E-state index in [4.69, 9.17) is 15.2 Å². The van der Waals surface area contributed by atoms with Crippen molar-refractivity contribution < 1.29 is 19.1 Å². The molecule has 1 aliphatic heterocycles. The van der Waals surface area contributed by atoms with Crippen LogP contribution in [0.25, 0.3) is 0 Å². The van der Waals surface area contributed by atoms with Crippen molar-refractivity contribution in [1.29, 1.82) is 0 Å². The van der Waals surface area contributed by atoms with Gasteiger partial charge in [0.1, 0.15) is 5.75 Å². The van der Waals surface area contributed by atoms with Crippen molar-refractivity contribution in [1.82, 2.24) is 4.98 Å². The smallest absolute Gasteiger partial charge is 0.264 e. The van der Waals surface area contributed by atoms with Crippen LogP contribution in [0.4, 0.5) is 5.13 Å². The first-order valence-electron chi connectivity index (χ1n) is 8.95. The van der Waals surface area contributed by atoms with Crippen LogP contribution in [-0.4, -0.2) is 43.0 Å². The van der Waals surface area contributed by atoms with Gasteiger partial charge in [-0.25, -0.2) is 4.98 Å². The van der Waals surface area contributed by atoms with Crippen molar-refractivity contribution in [2.24, 2.45) is 11.7 Å². The molecule has 9 heteroatoms. The van der Waals surface area contributed by atoms with Crippen LogP contribution in [0, 0.1) is 5.92 Å². The average molecular weight is 426 g/mol. The Hall–Kier alpha value is -2.00. The van der Waals surface area contributed by atoms with Gasteiger partial charge in [-0.3, -0.25) is 14.9 Å².